The third-order valence-electron chi connectivity index (χ3n) is 1.64. The van der Waals surface area contributed by atoms with Crippen LogP contribution < -0.4 is 5.32 Å². The van der Waals surface area contributed by atoms with Crippen molar-refractivity contribution in [2.45, 2.75) is 25.9 Å². The van der Waals surface area contributed by atoms with Crippen molar-refractivity contribution in [3.63, 3.8) is 0 Å². The summed E-state index contributed by atoms with van der Waals surface area (Å²) in [6.45, 7) is 2.21. The zero-order valence-electron chi connectivity index (χ0n) is 6.13. The van der Waals surface area contributed by atoms with Crippen molar-refractivity contribution in [1.29, 1.82) is 0 Å². The Labute approximate surface area is 60.4 Å². The maximum Gasteiger partial charge on any atom is 0.248 e. The average molecular weight is 143 g/mol. The molecule has 0 aromatic rings. The van der Waals surface area contributed by atoms with Crippen LogP contribution in [-0.2, 0) is 4.79 Å². The zero-order chi connectivity index (χ0) is 7.56. The molecule has 3 heteroatoms. The lowest BCUT2D eigenvalue weighted by Crippen LogP contribution is -2.33. The van der Waals surface area contributed by atoms with Gasteiger partial charge in [0.15, 0.2) is 0 Å². The van der Waals surface area contributed by atoms with Gasteiger partial charge in [0.05, 0.1) is 0 Å². The molecule has 0 spiro atoms. The number of amides is 1. The molecular weight excluding hydrogens is 130 g/mol. The quantitative estimate of drug-likeness (QED) is 0.579. The van der Waals surface area contributed by atoms with Crippen LogP contribution in [0.3, 0.4) is 0 Å². The summed E-state index contributed by atoms with van der Waals surface area (Å²) in [5.41, 5.74) is 0. The molecular formula is C7H13NO2. The molecule has 0 aliphatic heterocycles. The Kier molecular flexibility index (Phi) is 2.27. The second-order valence-corrected chi connectivity index (χ2v) is 2.86. The first-order valence-electron chi connectivity index (χ1n) is 3.66. The third kappa shape index (κ3) is 2.35. The molecule has 0 radical (unpaired) electrons. The highest BCUT2D eigenvalue weighted by Crippen LogP contribution is 2.27. The molecule has 1 aliphatic carbocycles. The Balaban J connectivity index is 2.05. The fourth-order valence-electron chi connectivity index (χ4n) is 0.715. The van der Waals surface area contributed by atoms with Crippen LogP contribution in [-0.4, -0.2) is 23.7 Å². The summed E-state index contributed by atoms with van der Waals surface area (Å²) in [4.78, 5) is 10.7. The van der Waals surface area contributed by atoms with Crippen molar-refractivity contribution in [3.8, 4) is 0 Å². The van der Waals surface area contributed by atoms with E-state index < -0.39 is 6.10 Å². The van der Waals surface area contributed by atoms with Crippen LogP contribution in [0.25, 0.3) is 0 Å². The van der Waals surface area contributed by atoms with Crippen LogP contribution in [0.5, 0.6) is 0 Å². The molecule has 0 aromatic heterocycles. The Morgan fingerprint density at radius 1 is 1.80 bits per heavy atom. The molecule has 0 saturated heterocycles. The number of rotatable bonds is 3. The SMILES string of the molecule is CC(O)C(=O)NCC1CC1. The van der Waals surface area contributed by atoms with E-state index in [0.717, 1.165) is 6.54 Å². The Morgan fingerprint density at radius 3 is 2.80 bits per heavy atom. The predicted octanol–water partition coefficient (Wildman–Crippen LogP) is -0.107. The van der Waals surface area contributed by atoms with Crippen molar-refractivity contribution in [3.05, 3.63) is 0 Å². The van der Waals surface area contributed by atoms with E-state index in [0.29, 0.717) is 5.92 Å². The van der Waals surface area contributed by atoms with Crippen LogP contribution in [0.15, 0.2) is 0 Å². The lowest BCUT2D eigenvalue weighted by Gasteiger charge is -2.04. The van der Waals surface area contributed by atoms with E-state index in [1.54, 1.807) is 0 Å². The van der Waals surface area contributed by atoms with E-state index in [-0.39, 0.29) is 5.91 Å². The van der Waals surface area contributed by atoms with Gasteiger partial charge in [-0.05, 0) is 25.7 Å². The van der Waals surface area contributed by atoms with Crippen molar-refractivity contribution in [2.24, 2.45) is 5.92 Å². The van der Waals surface area contributed by atoms with Gasteiger partial charge in [-0.2, -0.15) is 0 Å². The van der Waals surface area contributed by atoms with Crippen molar-refractivity contribution in [1.82, 2.24) is 5.32 Å². The summed E-state index contributed by atoms with van der Waals surface area (Å²) in [7, 11) is 0. The lowest BCUT2D eigenvalue weighted by atomic mass is 10.3. The fraction of sp³-hybridized carbons (Fsp3) is 0.857. The van der Waals surface area contributed by atoms with E-state index in [4.69, 9.17) is 5.11 Å². The van der Waals surface area contributed by atoms with E-state index in [1.807, 2.05) is 0 Å². The van der Waals surface area contributed by atoms with Gasteiger partial charge in [0, 0.05) is 6.54 Å². The summed E-state index contributed by atoms with van der Waals surface area (Å²) < 4.78 is 0. The smallest absolute Gasteiger partial charge is 0.248 e. The van der Waals surface area contributed by atoms with E-state index >= 15 is 0 Å². The number of nitrogens with one attached hydrogen (secondary N) is 1. The number of hydrogen-bond acceptors (Lipinski definition) is 2. The molecule has 3 nitrogen and oxygen atoms in total. The maximum absolute atomic E-state index is 10.7. The second-order valence-electron chi connectivity index (χ2n) is 2.86. The summed E-state index contributed by atoms with van der Waals surface area (Å²) in [6.07, 6.45) is 1.58. The molecule has 2 N–H and O–H groups in total. The predicted molar refractivity (Wildman–Crippen MR) is 37.4 cm³/mol. The summed E-state index contributed by atoms with van der Waals surface area (Å²) in [6, 6.07) is 0. The minimum absolute atomic E-state index is 0.257. The summed E-state index contributed by atoms with van der Waals surface area (Å²) in [5, 5.41) is 11.4. The molecule has 1 fully saturated rings. The highest BCUT2D eigenvalue weighted by molar-refractivity contribution is 5.79. The normalized spacial score (nSPS) is 20.2. The van der Waals surface area contributed by atoms with Gasteiger partial charge in [-0.3, -0.25) is 4.79 Å². The van der Waals surface area contributed by atoms with Gasteiger partial charge >= 0.3 is 0 Å². The highest BCUT2D eigenvalue weighted by Gasteiger charge is 2.22. The number of carbonyl (C=O) groups is 1. The Hall–Kier alpha value is -0.570. The van der Waals surface area contributed by atoms with Gasteiger partial charge in [-0.1, -0.05) is 0 Å². The molecule has 1 rings (SSSR count). The van der Waals surface area contributed by atoms with Gasteiger partial charge in [-0.15, -0.1) is 0 Å². The van der Waals surface area contributed by atoms with Gasteiger partial charge < -0.3 is 10.4 Å². The molecule has 10 heavy (non-hydrogen) atoms. The van der Waals surface area contributed by atoms with Crippen molar-refractivity contribution in [2.75, 3.05) is 6.54 Å². The Bertz CT molecular complexity index is 130. The molecule has 1 atom stereocenters. The molecule has 1 unspecified atom stereocenters. The lowest BCUT2D eigenvalue weighted by molar-refractivity contribution is -0.128. The van der Waals surface area contributed by atoms with Crippen LogP contribution in [0.4, 0.5) is 0 Å². The first-order valence-corrected chi connectivity index (χ1v) is 3.66. The molecule has 1 aliphatic rings. The van der Waals surface area contributed by atoms with Crippen LogP contribution in [0.2, 0.25) is 0 Å². The van der Waals surface area contributed by atoms with E-state index in [1.165, 1.54) is 19.8 Å². The monoisotopic (exact) mass is 143 g/mol. The number of carbonyl (C=O) groups excluding carboxylic acids is 1. The van der Waals surface area contributed by atoms with E-state index in [9.17, 15) is 4.79 Å². The zero-order valence-corrected chi connectivity index (χ0v) is 6.13. The first-order chi connectivity index (χ1) is 4.70. The molecule has 0 bridgehead atoms. The standard InChI is InChI=1S/C7H13NO2/c1-5(9)7(10)8-4-6-2-3-6/h5-6,9H,2-4H2,1H3,(H,8,10). The minimum atomic E-state index is -0.862. The molecule has 0 heterocycles. The van der Waals surface area contributed by atoms with Gasteiger partial charge in [-0.25, -0.2) is 0 Å². The highest BCUT2D eigenvalue weighted by atomic mass is 16.3. The number of hydrogen-bond donors (Lipinski definition) is 2. The second kappa shape index (κ2) is 3.01. The summed E-state index contributed by atoms with van der Waals surface area (Å²) >= 11 is 0. The molecule has 58 valence electrons. The maximum atomic E-state index is 10.7. The molecule has 1 amide bonds. The minimum Gasteiger partial charge on any atom is -0.384 e. The Morgan fingerprint density at radius 2 is 2.40 bits per heavy atom. The van der Waals surface area contributed by atoms with Crippen LogP contribution >= 0.6 is 0 Å². The third-order valence-corrected chi connectivity index (χ3v) is 1.64. The number of aliphatic hydroxyl groups is 1. The molecule has 1 saturated carbocycles. The number of aliphatic hydroxyl groups excluding tert-OH is 1. The molecule has 0 aromatic carbocycles. The van der Waals surface area contributed by atoms with E-state index in [2.05, 4.69) is 5.32 Å². The fourth-order valence-corrected chi connectivity index (χ4v) is 0.715. The van der Waals surface area contributed by atoms with Crippen LogP contribution in [0.1, 0.15) is 19.8 Å². The average Bonchev–Trinajstić information content (AvgIpc) is 2.64. The van der Waals surface area contributed by atoms with Gasteiger partial charge in [0.2, 0.25) is 5.91 Å². The van der Waals surface area contributed by atoms with Gasteiger partial charge in [0.25, 0.3) is 0 Å². The van der Waals surface area contributed by atoms with Crippen LogP contribution in [0, 0.1) is 5.92 Å². The summed E-state index contributed by atoms with van der Waals surface area (Å²) in [5.74, 6) is 0.426. The van der Waals surface area contributed by atoms with Gasteiger partial charge in [0.1, 0.15) is 6.10 Å². The largest absolute Gasteiger partial charge is 0.384 e. The van der Waals surface area contributed by atoms with Crippen molar-refractivity contribution < 1.29 is 9.90 Å². The first kappa shape index (κ1) is 7.54. The topological polar surface area (TPSA) is 49.3 Å². The van der Waals surface area contributed by atoms with Crippen molar-refractivity contribution >= 4 is 5.91 Å².